The number of ketones is 1. The van der Waals surface area contributed by atoms with E-state index in [9.17, 15) is 14.4 Å². The number of carbonyl (C=O) groups excluding carboxylic acids is 3. The van der Waals surface area contributed by atoms with Crippen molar-refractivity contribution in [1.29, 1.82) is 0 Å². The molecule has 0 bridgehead atoms. The average Bonchev–Trinajstić information content (AvgIpc) is 3.23. The Kier molecular flexibility index (Phi) is 7.95. The first-order chi connectivity index (χ1) is 15.7. The lowest BCUT2D eigenvalue weighted by molar-refractivity contribution is -0.118. The van der Waals surface area contributed by atoms with Crippen molar-refractivity contribution < 1.29 is 23.9 Å². The first-order valence-electron chi connectivity index (χ1n) is 10.5. The third-order valence-electron chi connectivity index (χ3n) is 4.76. The predicted molar refractivity (Wildman–Crippen MR) is 127 cm³/mol. The van der Waals surface area contributed by atoms with Gasteiger partial charge in [-0.3, -0.25) is 9.59 Å². The van der Waals surface area contributed by atoms with E-state index in [4.69, 9.17) is 9.47 Å². The van der Waals surface area contributed by atoms with Gasteiger partial charge in [-0.05, 0) is 62.4 Å². The molecular weight excluding hydrogens is 440 g/mol. The number of thiazole rings is 1. The van der Waals surface area contributed by atoms with Crippen LogP contribution in [0.5, 0.6) is 5.75 Å². The molecule has 1 atom stereocenters. The molecule has 0 saturated carbocycles. The number of aryl methyl sites for hydroxylation is 1. The van der Waals surface area contributed by atoms with Gasteiger partial charge in [-0.1, -0.05) is 13.8 Å². The third kappa shape index (κ3) is 6.73. The maximum atomic E-state index is 12.6. The number of nitrogens with zero attached hydrogens (tertiary/aromatic N) is 1. The number of ether oxygens (including phenoxy) is 2. The molecule has 0 aliphatic rings. The number of esters is 1. The molecule has 2 aromatic carbocycles. The topological polar surface area (TPSA) is 94.6 Å². The molecule has 1 heterocycles. The van der Waals surface area contributed by atoms with E-state index in [-0.39, 0.29) is 17.6 Å². The van der Waals surface area contributed by atoms with Gasteiger partial charge in [-0.15, -0.1) is 11.3 Å². The van der Waals surface area contributed by atoms with E-state index >= 15 is 0 Å². The average molecular weight is 467 g/mol. The summed E-state index contributed by atoms with van der Waals surface area (Å²) in [6.45, 7) is 7.41. The standard InChI is InChI=1S/C25H26N2O5S/c1-15(2)24(29)27-20-9-5-18(6-10-20)23(28)16(3)32-25(30)19-7-11-22(12-8-19)31-13-21-14-33-17(4)26-21/h5-12,14-16H,13H2,1-4H3,(H,27,29). The second-order valence-corrected chi connectivity index (χ2v) is 8.87. The molecule has 8 heteroatoms. The molecule has 0 saturated heterocycles. The molecule has 0 aliphatic carbocycles. The molecule has 172 valence electrons. The van der Waals surface area contributed by atoms with Crippen LogP contribution in [0.25, 0.3) is 0 Å². The summed E-state index contributed by atoms with van der Waals surface area (Å²) in [4.78, 5) is 41.2. The molecule has 0 radical (unpaired) electrons. The maximum Gasteiger partial charge on any atom is 0.338 e. The molecule has 1 amide bonds. The molecule has 3 aromatic rings. The summed E-state index contributed by atoms with van der Waals surface area (Å²) >= 11 is 1.56. The van der Waals surface area contributed by atoms with E-state index in [0.29, 0.717) is 29.2 Å². The Hall–Kier alpha value is -3.52. The number of carbonyl (C=O) groups is 3. The molecule has 0 spiro atoms. The van der Waals surface area contributed by atoms with Crippen LogP contribution in [0.2, 0.25) is 0 Å². The number of rotatable bonds is 9. The van der Waals surface area contributed by atoms with Crippen LogP contribution in [0.15, 0.2) is 53.9 Å². The van der Waals surface area contributed by atoms with Gasteiger partial charge >= 0.3 is 5.97 Å². The fraction of sp³-hybridized carbons (Fsp3) is 0.280. The molecule has 1 N–H and O–H groups in total. The largest absolute Gasteiger partial charge is 0.487 e. The highest BCUT2D eigenvalue weighted by Gasteiger charge is 2.20. The SMILES string of the molecule is Cc1nc(COc2ccc(C(=O)OC(C)C(=O)c3ccc(NC(=O)C(C)C)cc3)cc2)cs1. The zero-order valence-corrected chi connectivity index (χ0v) is 19.8. The number of hydrogen-bond donors (Lipinski definition) is 1. The Morgan fingerprint density at radius 3 is 2.18 bits per heavy atom. The molecule has 1 unspecified atom stereocenters. The van der Waals surface area contributed by atoms with Crippen LogP contribution in [-0.4, -0.2) is 28.7 Å². The Balaban J connectivity index is 1.53. The van der Waals surface area contributed by atoms with Crippen LogP contribution in [-0.2, 0) is 16.1 Å². The summed E-state index contributed by atoms with van der Waals surface area (Å²) in [5.41, 5.74) is 2.16. The molecule has 0 aliphatic heterocycles. The highest BCUT2D eigenvalue weighted by atomic mass is 32.1. The number of amides is 1. The van der Waals surface area contributed by atoms with Crippen molar-refractivity contribution in [3.63, 3.8) is 0 Å². The van der Waals surface area contributed by atoms with E-state index in [1.807, 2.05) is 12.3 Å². The van der Waals surface area contributed by atoms with Crippen molar-refractivity contribution in [3.05, 3.63) is 75.7 Å². The summed E-state index contributed by atoms with van der Waals surface area (Å²) in [7, 11) is 0. The van der Waals surface area contributed by atoms with Crippen LogP contribution in [0, 0.1) is 12.8 Å². The van der Waals surface area contributed by atoms with Crippen molar-refractivity contribution in [3.8, 4) is 5.75 Å². The lowest BCUT2D eigenvalue weighted by atomic mass is 10.1. The van der Waals surface area contributed by atoms with Crippen molar-refractivity contribution in [2.75, 3.05) is 5.32 Å². The number of hydrogen-bond acceptors (Lipinski definition) is 7. The summed E-state index contributed by atoms with van der Waals surface area (Å²) < 4.78 is 11.0. The van der Waals surface area contributed by atoms with Gasteiger partial charge in [0.05, 0.1) is 16.3 Å². The van der Waals surface area contributed by atoms with Crippen LogP contribution < -0.4 is 10.1 Å². The van der Waals surface area contributed by atoms with Crippen LogP contribution in [0.4, 0.5) is 5.69 Å². The Morgan fingerprint density at radius 1 is 0.970 bits per heavy atom. The van der Waals surface area contributed by atoms with E-state index in [2.05, 4.69) is 10.3 Å². The first-order valence-corrected chi connectivity index (χ1v) is 11.4. The van der Waals surface area contributed by atoms with Gasteiger partial charge in [0, 0.05) is 22.5 Å². The normalized spacial score (nSPS) is 11.7. The highest BCUT2D eigenvalue weighted by Crippen LogP contribution is 2.18. The second kappa shape index (κ2) is 10.9. The molecule has 1 aromatic heterocycles. The lowest BCUT2D eigenvalue weighted by Gasteiger charge is -2.13. The smallest absolute Gasteiger partial charge is 0.338 e. The number of aromatic nitrogens is 1. The van der Waals surface area contributed by atoms with Gasteiger partial charge in [0.25, 0.3) is 0 Å². The third-order valence-corrected chi connectivity index (χ3v) is 5.58. The van der Waals surface area contributed by atoms with Gasteiger partial charge in [0.2, 0.25) is 11.7 Å². The van der Waals surface area contributed by atoms with E-state index in [1.165, 1.54) is 6.92 Å². The van der Waals surface area contributed by atoms with E-state index < -0.39 is 12.1 Å². The molecule has 33 heavy (non-hydrogen) atoms. The molecular formula is C25H26N2O5S. The first kappa shape index (κ1) is 24.1. The summed E-state index contributed by atoms with van der Waals surface area (Å²) in [6.07, 6.45) is -0.961. The van der Waals surface area contributed by atoms with Crippen LogP contribution >= 0.6 is 11.3 Å². The van der Waals surface area contributed by atoms with Crippen molar-refractivity contribution >= 4 is 34.7 Å². The van der Waals surface area contributed by atoms with Crippen LogP contribution in [0.3, 0.4) is 0 Å². The number of anilines is 1. The minimum Gasteiger partial charge on any atom is -0.487 e. The predicted octanol–water partition coefficient (Wildman–Crippen LogP) is 5.05. The van der Waals surface area contributed by atoms with E-state index in [1.54, 1.807) is 73.7 Å². The summed E-state index contributed by atoms with van der Waals surface area (Å²) in [5, 5.41) is 5.68. The molecule has 3 rings (SSSR count). The number of benzene rings is 2. The Bertz CT molecular complexity index is 1120. The van der Waals surface area contributed by atoms with Crippen molar-refractivity contribution in [1.82, 2.24) is 4.98 Å². The summed E-state index contributed by atoms with van der Waals surface area (Å²) in [5.74, 6) is -0.576. The fourth-order valence-electron chi connectivity index (χ4n) is 2.84. The van der Waals surface area contributed by atoms with E-state index in [0.717, 1.165) is 10.7 Å². The minimum atomic E-state index is -0.961. The van der Waals surface area contributed by atoms with Crippen molar-refractivity contribution in [2.24, 2.45) is 5.92 Å². The van der Waals surface area contributed by atoms with Gasteiger partial charge in [-0.25, -0.2) is 9.78 Å². The highest BCUT2D eigenvalue weighted by molar-refractivity contribution is 7.09. The number of Topliss-reactive ketones (excluding diaryl/α,β-unsaturated/α-hetero) is 1. The zero-order chi connectivity index (χ0) is 24.0. The zero-order valence-electron chi connectivity index (χ0n) is 19.0. The van der Waals surface area contributed by atoms with Crippen molar-refractivity contribution in [2.45, 2.75) is 40.4 Å². The number of nitrogens with one attached hydrogen (secondary N) is 1. The Morgan fingerprint density at radius 2 is 1.61 bits per heavy atom. The van der Waals surface area contributed by atoms with Gasteiger partial charge in [0.15, 0.2) is 6.10 Å². The fourth-order valence-corrected chi connectivity index (χ4v) is 3.44. The van der Waals surface area contributed by atoms with Gasteiger partial charge in [0.1, 0.15) is 12.4 Å². The Labute approximate surface area is 196 Å². The molecule has 0 fully saturated rings. The maximum absolute atomic E-state index is 12.6. The van der Waals surface area contributed by atoms with Gasteiger partial charge < -0.3 is 14.8 Å². The second-order valence-electron chi connectivity index (χ2n) is 7.80. The molecule has 7 nitrogen and oxygen atoms in total. The van der Waals surface area contributed by atoms with Crippen LogP contribution in [0.1, 0.15) is 52.2 Å². The minimum absolute atomic E-state index is 0.106. The monoisotopic (exact) mass is 466 g/mol. The quantitative estimate of drug-likeness (QED) is 0.350. The summed E-state index contributed by atoms with van der Waals surface area (Å²) in [6, 6.07) is 13.0. The lowest BCUT2D eigenvalue weighted by Crippen LogP contribution is -2.24. The van der Waals surface area contributed by atoms with Gasteiger partial charge in [-0.2, -0.15) is 0 Å².